The first kappa shape index (κ1) is 22.5. The van der Waals surface area contributed by atoms with Crippen LogP contribution in [-0.4, -0.2) is 57.3 Å². The van der Waals surface area contributed by atoms with Crippen molar-refractivity contribution in [3.8, 4) is 5.75 Å². The number of rotatable bonds is 8. The predicted octanol–water partition coefficient (Wildman–Crippen LogP) is 3.73. The van der Waals surface area contributed by atoms with Gasteiger partial charge in [0.25, 0.3) is 0 Å². The first-order valence-electron chi connectivity index (χ1n) is 11.9. The van der Waals surface area contributed by atoms with E-state index in [4.69, 9.17) is 4.74 Å². The number of hydrogen-bond acceptors (Lipinski definition) is 4. The Morgan fingerprint density at radius 2 is 1.75 bits per heavy atom. The van der Waals surface area contributed by atoms with E-state index in [0.29, 0.717) is 11.8 Å². The minimum Gasteiger partial charge on any atom is -0.497 e. The summed E-state index contributed by atoms with van der Waals surface area (Å²) in [6.45, 7) is 6.63. The number of benzene rings is 2. The van der Waals surface area contributed by atoms with Gasteiger partial charge >= 0.3 is 6.03 Å². The Morgan fingerprint density at radius 3 is 2.53 bits per heavy atom. The number of hydrogen-bond donors (Lipinski definition) is 2. The molecule has 4 rings (SSSR count). The number of methoxy groups -OCH3 is 1. The van der Waals surface area contributed by atoms with Gasteiger partial charge in [0.2, 0.25) is 0 Å². The highest BCUT2D eigenvalue weighted by Crippen LogP contribution is 2.26. The molecule has 2 aromatic rings. The lowest BCUT2D eigenvalue weighted by Crippen LogP contribution is -2.44. The molecule has 2 amide bonds. The molecular formula is C26H36N4O2. The Hall–Kier alpha value is -2.73. The van der Waals surface area contributed by atoms with Crippen molar-refractivity contribution in [2.45, 2.75) is 25.8 Å². The molecule has 2 unspecified atom stereocenters. The van der Waals surface area contributed by atoms with Crippen LogP contribution in [0.1, 0.15) is 24.8 Å². The highest BCUT2D eigenvalue weighted by molar-refractivity contribution is 5.73. The molecule has 2 saturated heterocycles. The average molecular weight is 437 g/mol. The van der Waals surface area contributed by atoms with Crippen LogP contribution in [0.2, 0.25) is 0 Å². The summed E-state index contributed by atoms with van der Waals surface area (Å²) < 4.78 is 5.34. The molecule has 0 spiro atoms. The first-order chi connectivity index (χ1) is 15.7. The smallest absolute Gasteiger partial charge is 0.314 e. The van der Waals surface area contributed by atoms with E-state index in [0.717, 1.165) is 58.0 Å². The van der Waals surface area contributed by atoms with Crippen molar-refractivity contribution < 1.29 is 9.53 Å². The van der Waals surface area contributed by atoms with Gasteiger partial charge < -0.3 is 20.3 Å². The second-order valence-corrected chi connectivity index (χ2v) is 9.12. The van der Waals surface area contributed by atoms with Crippen molar-refractivity contribution in [1.29, 1.82) is 0 Å². The Bertz CT molecular complexity index is 860. The van der Waals surface area contributed by atoms with Crippen LogP contribution in [0, 0.1) is 11.8 Å². The predicted molar refractivity (Wildman–Crippen MR) is 129 cm³/mol. The molecular weight excluding hydrogens is 400 g/mol. The standard InChI is InChI=1S/C26H36N4O2/c1-32-25-11-5-10-24(15-25)30-14-12-23(20-30)17-28-26(31)27-16-22-9-6-13-29(19-22)18-21-7-3-2-4-8-21/h2-5,7-8,10-11,15,22-23H,6,9,12-14,16-20H2,1H3,(H2,27,28,31). The maximum Gasteiger partial charge on any atom is 0.314 e. The SMILES string of the molecule is COc1cccc(N2CCC(CNC(=O)NCC3CCCN(Cc4ccccc4)C3)C2)c1. The molecule has 0 aromatic heterocycles. The number of nitrogens with one attached hydrogen (secondary N) is 2. The number of likely N-dealkylation sites (tertiary alicyclic amines) is 1. The second-order valence-electron chi connectivity index (χ2n) is 9.12. The van der Waals surface area contributed by atoms with Gasteiger partial charge in [-0.2, -0.15) is 0 Å². The van der Waals surface area contributed by atoms with Crippen LogP contribution in [0.15, 0.2) is 54.6 Å². The van der Waals surface area contributed by atoms with Gasteiger partial charge in [0.05, 0.1) is 7.11 Å². The van der Waals surface area contributed by atoms with Crippen LogP contribution in [0.4, 0.5) is 10.5 Å². The monoisotopic (exact) mass is 436 g/mol. The van der Waals surface area contributed by atoms with Gasteiger partial charge in [0, 0.05) is 51.0 Å². The summed E-state index contributed by atoms with van der Waals surface area (Å²) in [7, 11) is 1.70. The quantitative estimate of drug-likeness (QED) is 0.662. The number of ether oxygens (including phenoxy) is 1. The summed E-state index contributed by atoms with van der Waals surface area (Å²) in [4.78, 5) is 17.3. The zero-order valence-corrected chi connectivity index (χ0v) is 19.1. The van der Waals surface area contributed by atoms with Crippen LogP contribution in [0.5, 0.6) is 5.75 Å². The summed E-state index contributed by atoms with van der Waals surface area (Å²) in [6, 6.07) is 18.8. The molecule has 2 aliphatic heterocycles. The zero-order valence-electron chi connectivity index (χ0n) is 19.1. The number of carbonyl (C=O) groups is 1. The number of amides is 2. The third-order valence-corrected chi connectivity index (χ3v) is 6.66. The van der Waals surface area contributed by atoms with Crippen molar-refractivity contribution in [1.82, 2.24) is 15.5 Å². The van der Waals surface area contributed by atoms with Gasteiger partial charge in [-0.1, -0.05) is 36.4 Å². The van der Waals surface area contributed by atoms with Crippen LogP contribution < -0.4 is 20.3 Å². The molecule has 0 aliphatic carbocycles. The van der Waals surface area contributed by atoms with Gasteiger partial charge in [0.1, 0.15) is 5.75 Å². The Labute approximate surface area is 191 Å². The van der Waals surface area contributed by atoms with Gasteiger partial charge in [0.15, 0.2) is 0 Å². The van der Waals surface area contributed by atoms with E-state index in [9.17, 15) is 4.79 Å². The van der Waals surface area contributed by atoms with E-state index in [2.05, 4.69) is 62.9 Å². The molecule has 172 valence electrons. The second kappa shape index (κ2) is 11.2. The highest BCUT2D eigenvalue weighted by Gasteiger charge is 2.24. The van der Waals surface area contributed by atoms with Crippen molar-refractivity contribution in [3.05, 3.63) is 60.2 Å². The molecule has 0 bridgehead atoms. The van der Waals surface area contributed by atoms with E-state index in [1.807, 2.05) is 12.1 Å². The molecule has 2 heterocycles. The van der Waals surface area contributed by atoms with Crippen molar-refractivity contribution in [2.75, 3.05) is 51.3 Å². The summed E-state index contributed by atoms with van der Waals surface area (Å²) >= 11 is 0. The first-order valence-corrected chi connectivity index (χ1v) is 11.9. The molecule has 6 nitrogen and oxygen atoms in total. The average Bonchev–Trinajstić information content (AvgIpc) is 3.32. The number of piperidine rings is 1. The number of carbonyl (C=O) groups excluding carboxylic acids is 1. The molecule has 2 aromatic carbocycles. The maximum atomic E-state index is 12.4. The third-order valence-electron chi connectivity index (χ3n) is 6.66. The molecule has 6 heteroatoms. The maximum absolute atomic E-state index is 12.4. The van der Waals surface area contributed by atoms with Gasteiger partial charge in [-0.25, -0.2) is 4.79 Å². The molecule has 2 N–H and O–H groups in total. The topological polar surface area (TPSA) is 56.8 Å². The summed E-state index contributed by atoms with van der Waals surface area (Å²) in [5.41, 5.74) is 2.55. The van der Waals surface area contributed by atoms with Crippen LogP contribution in [0.3, 0.4) is 0 Å². The third kappa shape index (κ3) is 6.39. The van der Waals surface area contributed by atoms with Gasteiger partial charge in [-0.15, -0.1) is 0 Å². The summed E-state index contributed by atoms with van der Waals surface area (Å²) in [5.74, 6) is 1.88. The fourth-order valence-electron chi connectivity index (χ4n) is 4.88. The van der Waals surface area contributed by atoms with Crippen LogP contribution in [0.25, 0.3) is 0 Å². The van der Waals surface area contributed by atoms with Crippen LogP contribution >= 0.6 is 0 Å². The Morgan fingerprint density at radius 1 is 0.969 bits per heavy atom. The fraction of sp³-hybridized carbons (Fsp3) is 0.500. The van der Waals surface area contributed by atoms with Crippen molar-refractivity contribution >= 4 is 11.7 Å². The van der Waals surface area contributed by atoms with Gasteiger partial charge in [-0.3, -0.25) is 4.90 Å². The normalized spacial score (nSPS) is 21.3. The Balaban J connectivity index is 1.15. The lowest BCUT2D eigenvalue weighted by Gasteiger charge is -2.32. The van der Waals surface area contributed by atoms with Crippen molar-refractivity contribution in [2.24, 2.45) is 11.8 Å². The Kier molecular flexibility index (Phi) is 7.88. The minimum absolute atomic E-state index is 0.0370. The van der Waals surface area contributed by atoms with E-state index in [1.165, 1.54) is 24.1 Å². The number of nitrogens with zero attached hydrogens (tertiary/aromatic N) is 2. The lowest BCUT2D eigenvalue weighted by molar-refractivity contribution is 0.165. The molecule has 0 saturated carbocycles. The molecule has 2 aliphatic rings. The van der Waals surface area contributed by atoms with Crippen molar-refractivity contribution in [3.63, 3.8) is 0 Å². The lowest BCUT2D eigenvalue weighted by atomic mass is 9.97. The van der Waals surface area contributed by atoms with E-state index in [-0.39, 0.29) is 6.03 Å². The summed E-state index contributed by atoms with van der Waals surface area (Å²) in [6.07, 6.45) is 3.47. The minimum atomic E-state index is -0.0370. The number of anilines is 1. The molecule has 0 radical (unpaired) electrons. The molecule has 32 heavy (non-hydrogen) atoms. The highest BCUT2D eigenvalue weighted by atomic mass is 16.5. The zero-order chi connectivity index (χ0) is 22.2. The molecule has 2 atom stereocenters. The largest absolute Gasteiger partial charge is 0.497 e. The van der Waals surface area contributed by atoms with E-state index in [1.54, 1.807) is 7.11 Å². The van der Waals surface area contributed by atoms with Crippen LogP contribution in [-0.2, 0) is 6.54 Å². The summed E-state index contributed by atoms with van der Waals surface area (Å²) in [5, 5.41) is 6.21. The van der Waals surface area contributed by atoms with Gasteiger partial charge in [-0.05, 0) is 55.3 Å². The van der Waals surface area contributed by atoms with E-state index < -0.39 is 0 Å². The number of urea groups is 1. The van der Waals surface area contributed by atoms with E-state index >= 15 is 0 Å². The fourth-order valence-corrected chi connectivity index (χ4v) is 4.88. The molecule has 2 fully saturated rings.